The van der Waals surface area contributed by atoms with E-state index in [0.717, 1.165) is 6.08 Å². The maximum atomic E-state index is 11.6. The Morgan fingerprint density at radius 2 is 1.68 bits per heavy atom. The number of ether oxygens (including phenoxy) is 3. The van der Waals surface area contributed by atoms with Gasteiger partial charge in [0.15, 0.2) is 0 Å². The van der Waals surface area contributed by atoms with Crippen LogP contribution in [0.5, 0.6) is 0 Å². The number of alkyl halides is 1. The largest absolute Gasteiger partial charge is 0.462 e. The SMILES string of the molecule is C=CC(=O)OCCOC(=O)CCC(=O)NCCC(=O)OC(C)(C)CCl. The van der Waals surface area contributed by atoms with Gasteiger partial charge in [0.25, 0.3) is 0 Å². The number of hydrogen-bond donors (Lipinski definition) is 1. The predicted octanol–water partition coefficient (Wildman–Crippen LogP) is 1.11. The van der Waals surface area contributed by atoms with Gasteiger partial charge in [0.2, 0.25) is 5.91 Å². The number of carbonyl (C=O) groups excluding carboxylic acids is 4. The Kier molecular flexibility index (Phi) is 11.3. The fourth-order valence-corrected chi connectivity index (χ4v) is 1.48. The van der Waals surface area contributed by atoms with Crippen molar-refractivity contribution in [1.82, 2.24) is 5.32 Å². The molecule has 0 aromatic heterocycles. The van der Waals surface area contributed by atoms with Crippen molar-refractivity contribution in [3.63, 3.8) is 0 Å². The van der Waals surface area contributed by atoms with Crippen LogP contribution in [0, 0.1) is 0 Å². The Bertz CT molecular complexity index is 491. The summed E-state index contributed by atoms with van der Waals surface area (Å²) in [7, 11) is 0. The third-order valence-corrected chi connectivity index (χ3v) is 3.32. The topological polar surface area (TPSA) is 108 Å². The van der Waals surface area contributed by atoms with Gasteiger partial charge < -0.3 is 19.5 Å². The lowest BCUT2D eigenvalue weighted by atomic mass is 10.2. The van der Waals surface area contributed by atoms with Crippen molar-refractivity contribution >= 4 is 35.4 Å². The van der Waals surface area contributed by atoms with Crippen LogP contribution in [-0.4, -0.2) is 55.1 Å². The summed E-state index contributed by atoms with van der Waals surface area (Å²) in [4.78, 5) is 45.2. The first-order valence-corrected chi connectivity index (χ1v) is 8.23. The molecule has 0 atom stereocenters. The molecular formula is C16H24ClNO7. The van der Waals surface area contributed by atoms with E-state index in [1.807, 2.05) is 0 Å². The summed E-state index contributed by atoms with van der Waals surface area (Å²) in [6, 6.07) is 0. The van der Waals surface area contributed by atoms with E-state index < -0.39 is 23.5 Å². The number of amides is 1. The van der Waals surface area contributed by atoms with Crippen molar-refractivity contribution in [2.45, 2.75) is 38.7 Å². The molecule has 1 amide bonds. The zero-order valence-corrected chi connectivity index (χ0v) is 15.2. The number of halogens is 1. The minimum atomic E-state index is -0.758. The van der Waals surface area contributed by atoms with Crippen LogP contribution in [0.1, 0.15) is 33.1 Å². The number of hydrogen-bond acceptors (Lipinski definition) is 7. The molecule has 0 rings (SSSR count). The van der Waals surface area contributed by atoms with Gasteiger partial charge in [-0.05, 0) is 13.8 Å². The molecule has 0 bridgehead atoms. The highest BCUT2D eigenvalue weighted by atomic mass is 35.5. The first kappa shape index (κ1) is 22.9. The van der Waals surface area contributed by atoms with Crippen LogP contribution < -0.4 is 5.32 Å². The average molecular weight is 378 g/mol. The predicted molar refractivity (Wildman–Crippen MR) is 89.9 cm³/mol. The normalized spacial score (nSPS) is 10.5. The van der Waals surface area contributed by atoms with Crippen LogP contribution in [0.4, 0.5) is 0 Å². The molecule has 8 nitrogen and oxygen atoms in total. The fraction of sp³-hybridized carbons (Fsp3) is 0.625. The second-order valence-electron chi connectivity index (χ2n) is 5.56. The molecule has 0 aliphatic heterocycles. The highest BCUT2D eigenvalue weighted by Crippen LogP contribution is 2.11. The monoisotopic (exact) mass is 377 g/mol. The number of carbonyl (C=O) groups is 4. The average Bonchev–Trinajstić information content (AvgIpc) is 2.56. The molecule has 9 heteroatoms. The van der Waals surface area contributed by atoms with Crippen LogP contribution in [0.15, 0.2) is 12.7 Å². The molecule has 25 heavy (non-hydrogen) atoms. The third-order valence-electron chi connectivity index (χ3n) is 2.68. The van der Waals surface area contributed by atoms with Gasteiger partial charge in [-0.3, -0.25) is 14.4 Å². The molecule has 0 spiro atoms. The minimum Gasteiger partial charge on any atom is -0.462 e. The van der Waals surface area contributed by atoms with E-state index in [-0.39, 0.29) is 50.8 Å². The molecule has 0 unspecified atom stereocenters. The Morgan fingerprint density at radius 1 is 1.04 bits per heavy atom. The summed E-state index contributed by atoms with van der Waals surface area (Å²) in [5.74, 6) is -1.89. The molecule has 0 aromatic carbocycles. The molecule has 0 saturated carbocycles. The first-order valence-electron chi connectivity index (χ1n) is 7.69. The fourth-order valence-electron chi connectivity index (χ4n) is 1.42. The zero-order chi connectivity index (χ0) is 19.3. The first-order chi connectivity index (χ1) is 11.7. The summed E-state index contributed by atoms with van der Waals surface area (Å²) in [6.07, 6.45) is 0.808. The Hall–Kier alpha value is -2.09. The van der Waals surface area contributed by atoms with Gasteiger partial charge in [0, 0.05) is 19.0 Å². The van der Waals surface area contributed by atoms with E-state index in [2.05, 4.69) is 16.6 Å². The zero-order valence-electron chi connectivity index (χ0n) is 14.5. The van der Waals surface area contributed by atoms with Crippen LogP contribution in [0.2, 0.25) is 0 Å². The summed E-state index contributed by atoms with van der Waals surface area (Å²) < 4.78 is 14.5. The van der Waals surface area contributed by atoms with Crippen LogP contribution in [-0.2, 0) is 33.4 Å². The van der Waals surface area contributed by atoms with Crippen LogP contribution >= 0.6 is 11.6 Å². The van der Waals surface area contributed by atoms with Crippen molar-refractivity contribution in [3.8, 4) is 0 Å². The van der Waals surface area contributed by atoms with Gasteiger partial charge in [-0.15, -0.1) is 11.6 Å². The summed E-state index contributed by atoms with van der Waals surface area (Å²) in [6.45, 7) is 6.51. The summed E-state index contributed by atoms with van der Waals surface area (Å²) in [5, 5.41) is 2.50. The Morgan fingerprint density at radius 3 is 2.28 bits per heavy atom. The van der Waals surface area contributed by atoms with E-state index in [0.29, 0.717) is 0 Å². The number of esters is 3. The quantitative estimate of drug-likeness (QED) is 0.178. The smallest absolute Gasteiger partial charge is 0.330 e. The van der Waals surface area contributed by atoms with Gasteiger partial charge in [0.1, 0.15) is 18.8 Å². The van der Waals surface area contributed by atoms with Crippen LogP contribution in [0.25, 0.3) is 0 Å². The molecule has 0 radical (unpaired) electrons. The van der Waals surface area contributed by atoms with Crippen molar-refractivity contribution in [1.29, 1.82) is 0 Å². The molecule has 0 aliphatic carbocycles. The lowest BCUT2D eigenvalue weighted by Gasteiger charge is -2.22. The van der Waals surface area contributed by atoms with E-state index in [1.165, 1.54) is 0 Å². The Balaban J connectivity index is 3.76. The highest BCUT2D eigenvalue weighted by Gasteiger charge is 2.21. The second-order valence-corrected chi connectivity index (χ2v) is 5.83. The van der Waals surface area contributed by atoms with Gasteiger partial charge >= 0.3 is 17.9 Å². The summed E-state index contributed by atoms with van der Waals surface area (Å²) >= 11 is 5.64. The van der Waals surface area contributed by atoms with Gasteiger partial charge in [-0.25, -0.2) is 4.79 Å². The molecule has 142 valence electrons. The lowest BCUT2D eigenvalue weighted by Crippen LogP contribution is -2.32. The van der Waals surface area contributed by atoms with E-state index in [1.54, 1.807) is 13.8 Å². The van der Waals surface area contributed by atoms with Gasteiger partial charge in [0.05, 0.1) is 18.7 Å². The molecule has 0 aliphatic rings. The van der Waals surface area contributed by atoms with Gasteiger partial charge in [-0.2, -0.15) is 0 Å². The molecular weight excluding hydrogens is 354 g/mol. The molecule has 0 saturated heterocycles. The van der Waals surface area contributed by atoms with E-state index in [9.17, 15) is 19.2 Å². The lowest BCUT2D eigenvalue weighted by molar-refractivity contribution is -0.154. The van der Waals surface area contributed by atoms with Crippen molar-refractivity contribution < 1.29 is 33.4 Å². The second kappa shape index (κ2) is 12.3. The molecule has 0 fully saturated rings. The maximum absolute atomic E-state index is 11.6. The third kappa shape index (κ3) is 12.9. The van der Waals surface area contributed by atoms with E-state index in [4.69, 9.17) is 21.1 Å². The summed E-state index contributed by atoms with van der Waals surface area (Å²) in [5.41, 5.74) is -0.758. The van der Waals surface area contributed by atoms with Crippen molar-refractivity contribution in [2.75, 3.05) is 25.6 Å². The molecule has 0 aromatic rings. The van der Waals surface area contributed by atoms with Crippen molar-refractivity contribution in [2.24, 2.45) is 0 Å². The van der Waals surface area contributed by atoms with E-state index >= 15 is 0 Å². The number of nitrogens with one attached hydrogen (secondary N) is 1. The van der Waals surface area contributed by atoms with Crippen molar-refractivity contribution in [3.05, 3.63) is 12.7 Å². The standard InChI is InChI=1S/C16H24ClNO7/c1-4-13(20)23-9-10-24-14(21)6-5-12(19)18-8-7-15(22)25-16(2,3)11-17/h4H,1,5-11H2,2-3H3,(H,18,19). The molecule has 1 N–H and O–H groups in total. The Labute approximate surface area is 151 Å². The minimum absolute atomic E-state index is 0.00514. The molecule has 0 heterocycles. The van der Waals surface area contributed by atoms with Crippen LogP contribution in [0.3, 0.4) is 0 Å². The highest BCUT2D eigenvalue weighted by molar-refractivity contribution is 6.18. The van der Waals surface area contributed by atoms with Gasteiger partial charge in [-0.1, -0.05) is 6.58 Å². The maximum Gasteiger partial charge on any atom is 0.330 e. The number of rotatable bonds is 12.